The van der Waals surface area contributed by atoms with Crippen molar-refractivity contribution in [2.45, 2.75) is 25.2 Å². The third kappa shape index (κ3) is 3.01. The number of ether oxygens (including phenoxy) is 1. The molecule has 1 fully saturated rings. The van der Waals surface area contributed by atoms with Crippen LogP contribution in [0.15, 0.2) is 24.3 Å². The van der Waals surface area contributed by atoms with E-state index in [4.69, 9.17) is 16.3 Å². The van der Waals surface area contributed by atoms with Gasteiger partial charge in [-0.2, -0.15) is 0 Å². The quantitative estimate of drug-likeness (QED) is 0.787. The highest BCUT2D eigenvalue weighted by Crippen LogP contribution is 2.32. The molecule has 0 atom stereocenters. The smallest absolute Gasteiger partial charge is 0.0475 e. The molecule has 1 aliphatic heterocycles. The van der Waals surface area contributed by atoms with Crippen LogP contribution in [0.25, 0.3) is 0 Å². The van der Waals surface area contributed by atoms with E-state index in [1.807, 2.05) is 12.1 Å². The fourth-order valence-electron chi connectivity index (χ4n) is 2.27. The summed E-state index contributed by atoms with van der Waals surface area (Å²) in [7, 11) is 0. The summed E-state index contributed by atoms with van der Waals surface area (Å²) in [6, 6.07) is 8.24. The van der Waals surface area contributed by atoms with Crippen LogP contribution in [-0.4, -0.2) is 26.3 Å². The maximum absolute atomic E-state index is 5.93. The zero-order chi connectivity index (χ0) is 12.1. The average Bonchev–Trinajstić information content (AvgIpc) is 2.29. The summed E-state index contributed by atoms with van der Waals surface area (Å²) in [4.78, 5) is 0. The van der Waals surface area contributed by atoms with Crippen molar-refractivity contribution in [1.29, 1.82) is 0 Å². The lowest BCUT2D eigenvalue weighted by molar-refractivity contribution is 0.0997. The van der Waals surface area contributed by atoms with Gasteiger partial charge in [-0.25, -0.2) is 0 Å². The number of nitrogens with one attached hydrogen (secondary N) is 1. The molecule has 17 heavy (non-hydrogen) atoms. The van der Waals surface area contributed by atoms with E-state index in [0.717, 1.165) is 44.2 Å². The van der Waals surface area contributed by atoms with Crippen molar-refractivity contribution < 1.29 is 4.74 Å². The standard InChI is InChI=1S/C14H20ClNO/c1-2-8-17-9-7-14(10-16-11-14)12-3-5-13(15)6-4-12/h3-6,16H,2,7-11H2,1H3. The average molecular weight is 254 g/mol. The van der Waals surface area contributed by atoms with Crippen LogP contribution >= 0.6 is 11.6 Å². The van der Waals surface area contributed by atoms with Crippen LogP contribution < -0.4 is 5.32 Å². The van der Waals surface area contributed by atoms with Gasteiger partial charge in [-0.05, 0) is 30.5 Å². The molecule has 1 saturated heterocycles. The molecule has 94 valence electrons. The minimum atomic E-state index is 0.262. The minimum Gasteiger partial charge on any atom is -0.381 e. The van der Waals surface area contributed by atoms with Gasteiger partial charge in [-0.1, -0.05) is 30.7 Å². The van der Waals surface area contributed by atoms with Crippen molar-refractivity contribution in [3.05, 3.63) is 34.9 Å². The number of halogens is 1. The molecule has 0 spiro atoms. The van der Waals surface area contributed by atoms with E-state index in [9.17, 15) is 0 Å². The summed E-state index contributed by atoms with van der Waals surface area (Å²) in [5, 5.41) is 4.17. The number of hydrogen-bond acceptors (Lipinski definition) is 2. The van der Waals surface area contributed by atoms with E-state index in [-0.39, 0.29) is 5.41 Å². The lowest BCUT2D eigenvalue weighted by Crippen LogP contribution is -2.57. The van der Waals surface area contributed by atoms with E-state index >= 15 is 0 Å². The molecule has 1 N–H and O–H groups in total. The summed E-state index contributed by atoms with van der Waals surface area (Å²) < 4.78 is 5.61. The van der Waals surface area contributed by atoms with Crippen LogP contribution in [0, 0.1) is 0 Å². The summed E-state index contributed by atoms with van der Waals surface area (Å²) in [6.45, 7) is 5.94. The number of hydrogen-bond donors (Lipinski definition) is 1. The fraction of sp³-hybridized carbons (Fsp3) is 0.571. The Hall–Kier alpha value is -0.570. The Kier molecular flexibility index (Phi) is 4.43. The molecule has 0 amide bonds. The Labute approximate surface area is 108 Å². The highest BCUT2D eigenvalue weighted by molar-refractivity contribution is 6.30. The van der Waals surface area contributed by atoms with E-state index in [1.165, 1.54) is 5.56 Å². The van der Waals surface area contributed by atoms with Crippen molar-refractivity contribution in [3.8, 4) is 0 Å². The van der Waals surface area contributed by atoms with Gasteiger partial charge < -0.3 is 10.1 Å². The van der Waals surface area contributed by atoms with Gasteiger partial charge in [0, 0.05) is 36.7 Å². The molecule has 1 aliphatic rings. The second-order valence-electron chi connectivity index (χ2n) is 4.75. The Morgan fingerprint density at radius 2 is 1.94 bits per heavy atom. The van der Waals surface area contributed by atoms with Gasteiger partial charge in [-0.3, -0.25) is 0 Å². The van der Waals surface area contributed by atoms with Crippen molar-refractivity contribution in [3.63, 3.8) is 0 Å². The summed E-state index contributed by atoms with van der Waals surface area (Å²) >= 11 is 5.93. The molecule has 3 heteroatoms. The third-order valence-corrected chi connectivity index (χ3v) is 3.71. The SMILES string of the molecule is CCCOCCC1(c2ccc(Cl)cc2)CNC1. The topological polar surface area (TPSA) is 21.3 Å². The Balaban J connectivity index is 1.96. The lowest BCUT2D eigenvalue weighted by atomic mass is 9.73. The molecule has 1 heterocycles. The van der Waals surface area contributed by atoms with E-state index < -0.39 is 0 Å². The van der Waals surface area contributed by atoms with Crippen LogP contribution in [0.4, 0.5) is 0 Å². The van der Waals surface area contributed by atoms with Crippen LogP contribution in [0.3, 0.4) is 0 Å². The van der Waals surface area contributed by atoms with Gasteiger partial charge >= 0.3 is 0 Å². The molecule has 2 rings (SSSR count). The monoisotopic (exact) mass is 253 g/mol. The molecule has 1 aromatic rings. The summed E-state index contributed by atoms with van der Waals surface area (Å²) in [5.74, 6) is 0. The van der Waals surface area contributed by atoms with Crippen LogP contribution in [0.5, 0.6) is 0 Å². The van der Waals surface area contributed by atoms with Gasteiger partial charge in [-0.15, -0.1) is 0 Å². The second-order valence-corrected chi connectivity index (χ2v) is 5.19. The summed E-state index contributed by atoms with van der Waals surface area (Å²) in [5.41, 5.74) is 1.64. The first-order chi connectivity index (χ1) is 8.27. The minimum absolute atomic E-state index is 0.262. The van der Waals surface area contributed by atoms with E-state index in [0.29, 0.717) is 0 Å². The van der Waals surface area contributed by atoms with Crippen LogP contribution in [0.2, 0.25) is 5.02 Å². The molecule has 0 aliphatic carbocycles. The van der Waals surface area contributed by atoms with Crippen molar-refractivity contribution >= 4 is 11.6 Å². The van der Waals surface area contributed by atoms with Gasteiger partial charge in [0.15, 0.2) is 0 Å². The number of rotatable bonds is 6. The molecular formula is C14H20ClNO. The van der Waals surface area contributed by atoms with Gasteiger partial charge in [0.25, 0.3) is 0 Å². The van der Waals surface area contributed by atoms with Crippen molar-refractivity contribution in [1.82, 2.24) is 5.32 Å². The van der Waals surface area contributed by atoms with Crippen LogP contribution in [0.1, 0.15) is 25.3 Å². The first-order valence-electron chi connectivity index (χ1n) is 6.31. The van der Waals surface area contributed by atoms with E-state index in [1.54, 1.807) is 0 Å². The Morgan fingerprint density at radius 1 is 1.24 bits per heavy atom. The Morgan fingerprint density at radius 3 is 2.47 bits per heavy atom. The normalized spacial score (nSPS) is 17.8. The molecule has 1 aromatic carbocycles. The van der Waals surface area contributed by atoms with Crippen molar-refractivity contribution in [2.75, 3.05) is 26.3 Å². The maximum atomic E-state index is 5.93. The third-order valence-electron chi connectivity index (χ3n) is 3.46. The molecule has 0 bridgehead atoms. The predicted octanol–water partition coefficient (Wildman–Crippen LogP) is 3.00. The maximum Gasteiger partial charge on any atom is 0.0475 e. The lowest BCUT2D eigenvalue weighted by Gasteiger charge is -2.43. The molecule has 2 nitrogen and oxygen atoms in total. The fourth-order valence-corrected chi connectivity index (χ4v) is 2.40. The molecule has 0 aromatic heterocycles. The zero-order valence-electron chi connectivity index (χ0n) is 10.3. The number of benzene rings is 1. The molecule has 0 saturated carbocycles. The molecule has 0 unspecified atom stereocenters. The first-order valence-corrected chi connectivity index (χ1v) is 6.69. The highest BCUT2D eigenvalue weighted by Gasteiger charge is 2.38. The molecule has 0 radical (unpaired) electrons. The van der Waals surface area contributed by atoms with Gasteiger partial charge in [0.2, 0.25) is 0 Å². The first kappa shape index (κ1) is 12.9. The molecular weight excluding hydrogens is 234 g/mol. The Bertz CT molecular complexity index is 346. The zero-order valence-corrected chi connectivity index (χ0v) is 11.1. The summed E-state index contributed by atoms with van der Waals surface area (Å²) in [6.07, 6.45) is 2.17. The van der Waals surface area contributed by atoms with E-state index in [2.05, 4.69) is 24.4 Å². The van der Waals surface area contributed by atoms with Gasteiger partial charge in [0.1, 0.15) is 0 Å². The second kappa shape index (κ2) is 5.85. The van der Waals surface area contributed by atoms with Crippen molar-refractivity contribution in [2.24, 2.45) is 0 Å². The van der Waals surface area contributed by atoms with Crippen LogP contribution in [-0.2, 0) is 10.2 Å². The predicted molar refractivity (Wildman–Crippen MR) is 71.7 cm³/mol. The van der Waals surface area contributed by atoms with Gasteiger partial charge in [0.05, 0.1) is 0 Å². The highest BCUT2D eigenvalue weighted by atomic mass is 35.5. The largest absolute Gasteiger partial charge is 0.381 e.